The minimum atomic E-state index is -1.11. The number of carbonyl (C=O) groups excluding carboxylic acids is 2. The smallest absolute Gasteiger partial charge is 0.352 e. The molecule has 1 aliphatic carbocycles. The first kappa shape index (κ1) is 14.1. The van der Waals surface area contributed by atoms with E-state index in [1.165, 1.54) is 0 Å². The first-order chi connectivity index (χ1) is 9.40. The molecule has 1 heterocycles. The molecule has 0 aliphatic heterocycles. The molecule has 2 amide bonds. The van der Waals surface area contributed by atoms with Crippen molar-refractivity contribution in [2.45, 2.75) is 32.7 Å². The van der Waals surface area contributed by atoms with E-state index >= 15 is 0 Å². The van der Waals surface area contributed by atoms with E-state index in [1.54, 1.807) is 13.8 Å². The molecule has 1 fully saturated rings. The lowest BCUT2D eigenvalue weighted by molar-refractivity contribution is -0.120. The van der Waals surface area contributed by atoms with Crippen molar-refractivity contribution >= 4 is 17.8 Å². The highest BCUT2D eigenvalue weighted by atomic mass is 16.4. The highest BCUT2D eigenvalue weighted by Gasteiger charge is 2.24. The number of aromatic carboxylic acids is 1. The van der Waals surface area contributed by atoms with Gasteiger partial charge in [-0.15, -0.1) is 0 Å². The quantitative estimate of drug-likeness (QED) is 0.622. The summed E-state index contributed by atoms with van der Waals surface area (Å²) in [6, 6.07) is 0.244. The molecule has 1 aromatic heterocycles. The predicted octanol–water partition coefficient (Wildman–Crippen LogP) is 0.338. The summed E-state index contributed by atoms with van der Waals surface area (Å²) in [7, 11) is 0. The number of carboxylic acid groups (broad SMARTS) is 1. The van der Waals surface area contributed by atoms with Gasteiger partial charge in [0, 0.05) is 11.7 Å². The number of carbonyl (C=O) groups is 3. The monoisotopic (exact) mass is 279 g/mol. The van der Waals surface area contributed by atoms with Crippen molar-refractivity contribution in [3.8, 4) is 0 Å². The molecule has 108 valence electrons. The van der Waals surface area contributed by atoms with Crippen LogP contribution in [0.15, 0.2) is 0 Å². The minimum Gasteiger partial charge on any atom is -0.477 e. The van der Waals surface area contributed by atoms with Gasteiger partial charge in [-0.05, 0) is 32.3 Å². The van der Waals surface area contributed by atoms with Gasteiger partial charge in [-0.1, -0.05) is 0 Å². The minimum absolute atomic E-state index is 0.00455. The number of rotatable bonds is 5. The van der Waals surface area contributed by atoms with Gasteiger partial charge in [-0.3, -0.25) is 9.59 Å². The molecule has 0 spiro atoms. The van der Waals surface area contributed by atoms with Crippen LogP contribution in [0.2, 0.25) is 0 Å². The molecule has 1 aliphatic rings. The third kappa shape index (κ3) is 2.98. The second-order valence-corrected chi connectivity index (χ2v) is 4.95. The van der Waals surface area contributed by atoms with Crippen LogP contribution in [0.4, 0.5) is 0 Å². The van der Waals surface area contributed by atoms with Gasteiger partial charge in [0.1, 0.15) is 5.69 Å². The number of amides is 2. The van der Waals surface area contributed by atoms with Crippen molar-refractivity contribution in [3.05, 3.63) is 22.5 Å². The van der Waals surface area contributed by atoms with Gasteiger partial charge < -0.3 is 20.7 Å². The zero-order valence-corrected chi connectivity index (χ0v) is 11.4. The highest BCUT2D eigenvalue weighted by Crippen LogP contribution is 2.19. The first-order valence-corrected chi connectivity index (χ1v) is 6.40. The fourth-order valence-electron chi connectivity index (χ4n) is 2.06. The van der Waals surface area contributed by atoms with E-state index in [0.717, 1.165) is 12.8 Å². The largest absolute Gasteiger partial charge is 0.477 e. The van der Waals surface area contributed by atoms with Gasteiger partial charge in [-0.2, -0.15) is 0 Å². The molecule has 0 aromatic carbocycles. The molecule has 1 saturated carbocycles. The van der Waals surface area contributed by atoms with Crippen LogP contribution in [0.5, 0.6) is 0 Å². The van der Waals surface area contributed by atoms with E-state index in [9.17, 15) is 14.4 Å². The van der Waals surface area contributed by atoms with Crippen LogP contribution in [0.1, 0.15) is 44.9 Å². The highest BCUT2D eigenvalue weighted by molar-refractivity contribution is 6.02. The Balaban J connectivity index is 2.01. The molecular formula is C13H17N3O4. The summed E-state index contributed by atoms with van der Waals surface area (Å²) in [5.41, 5.74) is 1.12. The number of aromatic nitrogens is 1. The van der Waals surface area contributed by atoms with Crippen molar-refractivity contribution in [2.75, 3.05) is 6.54 Å². The summed E-state index contributed by atoms with van der Waals surface area (Å²) < 4.78 is 0. The Morgan fingerprint density at radius 2 is 1.95 bits per heavy atom. The van der Waals surface area contributed by atoms with Gasteiger partial charge in [-0.25, -0.2) is 4.79 Å². The number of nitrogens with one attached hydrogen (secondary N) is 3. The van der Waals surface area contributed by atoms with Crippen molar-refractivity contribution in [1.29, 1.82) is 0 Å². The molecule has 0 radical (unpaired) electrons. The summed E-state index contributed by atoms with van der Waals surface area (Å²) in [5.74, 6) is -1.80. The molecule has 2 rings (SSSR count). The van der Waals surface area contributed by atoms with Gasteiger partial charge in [0.25, 0.3) is 5.91 Å². The maximum Gasteiger partial charge on any atom is 0.352 e. The molecule has 0 atom stereocenters. The Morgan fingerprint density at radius 3 is 2.45 bits per heavy atom. The molecule has 0 unspecified atom stereocenters. The van der Waals surface area contributed by atoms with E-state index in [4.69, 9.17) is 5.11 Å². The Morgan fingerprint density at radius 1 is 1.30 bits per heavy atom. The Bertz CT molecular complexity index is 572. The van der Waals surface area contributed by atoms with Crippen LogP contribution < -0.4 is 10.6 Å². The summed E-state index contributed by atoms with van der Waals surface area (Å²) in [4.78, 5) is 37.1. The lowest BCUT2D eigenvalue weighted by Gasteiger charge is -2.06. The summed E-state index contributed by atoms with van der Waals surface area (Å²) in [5, 5.41) is 14.2. The molecule has 20 heavy (non-hydrogen) atoms. The normalized spacial score (nSPS) is 13.9. The molecule has 7 heteroatoms. The zero-order valence-electron chi connectivity index (χ0n) is 11.4. The van der Waals surface area contributed by atoms with Gasteiger partial charge in [0.05, 0.1) is 12.1 Å². The molecule has 1 aromatic rings. The second-order valence-electron chi connectivity index (χ2n) is 4.95. The van der Waals surface area contributed by atoms with Crippen molar-refractivity contribution in [2.24, 2.45) is 0 Å². The van der Waals surface area contributed by atoms with Gasteiger partial charge in [0.15, 0.2) is 0 Å². The van der Waals surface area contributed by atoms with E-state index in [-0.39, 0.29) is 29.8 Å². The third-order valence-corrected chi connectivity index (χ3v) is 3.23. The molecule has 7 nitrogen and oxygen atoms in total. The first-order valence-electron chi connectivity index (χ1n) is 6.40. The maximum absolute atomic E-state index is 12.0. The lowest BCUT2D eigenvalue weighted by Crippen LogP contribution is -2.38. The maximum atomic E-state index is 12.0. The Hall–Kier alpha value is -2.31. The van der Waals surface area contributed by atoms with E-state index in [1.807, 2.05) is 0 Å². The number of H-pyrrole nitrogens is 1. The average molecular weight is 279 g/mol. The van der Waals surface area contributed by atoms with Crippen LogP contribution in [0, 0.1) is 13.8 Å². The van der Waals surface area contributed by atoms with E-state index in [0.29, 0.717) is 11.3 Å². The van der Waals surface area contributed by atoms with Crippen LogP contribution in [0.25, 0.3) is 0 Å². The second kappa shape index (κ2) is 5.36. The van der Waals surface area contributed by atoms with Crippen LogP contribution in [0.3, 0.4) is 0 Å². The fraction of sp³-hybridized carbons (Fsp3) is 0.462. The van der Waals surface area contributed by atoms with E-state index in [2.05, 4.69) is 15.6 Å². The predicted molar refractivity (Wildman–Crippen MR) is 70.7 cm³/mol. The molecule has 0 saturated heterocycles. The summed E-state index contributed by atoms with van der Waals surface area (Å²) in [6.07, 6.45) is 1.97. The zero-order chi connectivity index (χ0) is 14.9. The SMILES string of the molecule is Cc1[nH]c(C(=O)O)c(C)c1C(=O)NCC(=O)NC1CC1. The number of hydrogen-bond acceptors (Lipinski definition) is 3. The van der Waals surface area contributed by atoms with Crippen LogP contribution in [-0.2, 0) is 4.79 Å². The van der Waals surface area contributed by atoms with Crippen LogP contribution >= 0.6 is 0 Å². The number of aromatic amines is 1. The number of hydrogen-bond donors (Lipinski definition) is 4. The van der Waals surface area contributed by atoms with Crippen LogP contribution in [-0.4, -0.2) is 40.5 Å². The van der Waals surface area contributed by atoms with E-state index < -0.39 is 11.9 Å². The van der Waals surface area contributed by atoms with Crippen molar-refractivity contribution < 1.29 is 19.5 Å². The molecule has 4 N–H and O–H groups in total. The molecular weight excluding hydrogens is 262 g/mol. The number of carboxylic acids is 1. The topological polar surface area (TPSA) is 111 Å². The van der Waals surface area contributed by atoms with Crippen molar-refractivity contribution in [1.82, 2.24) is 15.6 Å². The fourth-order valence-corrected chi connectivity index (χ4v) is 2.06. The summed E-state index contributed by atoms with van der Waals surface area (Å²) in [6.45, 7) is 3.08. The van der Waals surface area contributed by atoms with Crippen molar-refractivity contribution in [3.63, 3.8) is 0 Å². The lowest BCUT2D eigenvalue weighted by atomic mass is 10.1. The molecule has 0 bridgehead atoms. The van der Waals surface area contributed by atoms with Gasteiger partial charge >= 0.3 is 5.97 Å². The average Bonchev–Trinajstić information content (AvgIpc) is 3.11. The third-order valence-electron chi connectivity index (χ3n) is 3.23. The standard InChI is InChI=1S/C13H17N3O4/c1-6-10(7(2)15-11(6)13(19)20)12(18)14-5-9(17)16-8-3-4-8/h8,15H,3-5H2,1-2H3,(H,14,18)(H,16,17)(H,19,20). The Labute approximate surface area is 115 Å². The number of aryl methyl sites for hydroxylation is 1. The Kier molecular flexibility index (Phi) is 3.78. The summed E-state index contributed by atoms with van der Waals surface area (Å²) >= 11 is 0. The van der Waals surface area contributed by atoms with Gasteiger partial charge in [0.2, 0.25) is 5.91 Å².